The van der Waals surface area contributed by atoms with Gasteiger partial charge in [0, 0.05) is 30.8 Å². The Kier molecular flexibility index (Phi) is 4.76. The van der Waals surface area contributed by atoms with E-state index in [1.54, 1.807) is 24.7 Å². The standard InChI is InChI=1S/C23H22ClF2N5O/c1-12-28-29-22-23(2,3)27-17-11-16(24)19(20(26)21(17)31(12)22)15-9-13(25)10-18-14(15)5-6-30(18)7-8-32-4/h5-6,9-11,27H,7-8H2,1-4H3. The number of hydrogen-bond acceptors (Lipinski definition) is 4. The zero-order valence-electron chi connectivity index (χ0n) is 18.1. The van der Waals surface area contributed by atoms with Gasteiger partial charge in [0.25, 0.3) is 0 Å². The second kappa shape index (κ2) is 7.28. The number of methoxy groups -OCH3 is 1. The van der Waals surface area contributed by atoms with Gasteiger partial charge >= 0.3 is 0 Å². The summed E-state index contributed by atoms with van der Waals surface area (Å²) in [5.74, 6) is 0.109. The second-order valence-corrected chi connectivity index (χ2v) is 8.90. The maximum Gasteiger partial charge on any atom is 0.162 e. The van der Waals surface area contributed by atoms with Crippen molar-refractivity contribution in [2.45, 2.75) is 32.9 Å². The third-order valence-corrected chi connectivity index (χ3v) is 6.20. The second-order valence-electron chi connectivity index (χ2n) is 8.49. The number of nitrogens with one attached hydrogen (secondary N) is 1. The number of aromatic nitrogens is 4. The Balaban J connectivity index is 1.79. The Bertz CT molecular complexity index is 1370. The van der Waals surface area contributed by atoms with Crippen molar-refractivity contribution in [2.75, 3.05) is 19.0 Å². The van der Waals surface area contributed by atoms with Crippen LogP contribution in [0, 0.1) is 18.6 Å². The van der Waals surface area contributed by atoms with Gasteiger partial charge in [0.1, 0.15) is 17.3 Å². The van der Waals surface area contributed by atoms with Crippen LogP contribution < -0.4 is 5.32 Å². The van der Waals surface area contributed by atoms with E-state index in [2.05, 4.69) is 15.5 Å². The lowest BCUT2D eigenvalue weighted by atomic mass is 9.95. The fourth-order valence-electron chi connectivity index (χ4n) is 4.45. The average Bonchev–Trinajstić information content (AvgIpc) is 3.30. The molecule has 9 heteroatoms. The molecular weight excluding hydrogens is 436 g/mol. The Morgan fingerprint density at radius 2 is 1.97 bits per heavy atom. The molecule has 0 fully saturated rings. The molecule has 1 aliphatic heterocycles. The fraction of sp³-hybridized carbons (Fsp3) is 0.304. The van der Waals surface area contributed by atoms with Gasteiger partial charge in [0.15, 0.2) is 11.6 Å². The summed E-state index contributed by atoms with van der Waals surface area (Å²) >= 11 is 6.61. The van der Waals surface area contributed by atoms with Crippen LogP contribution >= 0.6 is 11.6 Å². The van der Waals surface area contributed by atoms with Gasteiger partial charge in [-0.1, -0.05) is 11.6 Å². The molecule has 2 aromatic carbocycles. The van der Waals surface area contributed by atoms with Gasteiger partial charge in [-0.3, -0.25) is 4.57 Å². The number of nitrogens with zero attached hydrogens (tertiary/aromatic N) is 4. The number of hydrogen-bond donors (Lipinski definition) is 1. The van der Waals surface area contributed by atoms with Crippen LogP contribution in [0.5, 0.6) is 0 Å². The number of benzene rings is 2. The van der Waals surface area contributed by atoms with E-state index >= 15 is 4.39 Å². The molecule has 1 N–H and O–H groups in total. The molecule has 0 aliphatic carbocycles. The number of halogens is 3. The Hall–Kier alpha value is -2.97. The molecule has 1 aliphatic rings. The van der Waals surface area contributed by atoms with Crippen molar-refractivity contribution in [1.82, 2.24) is 19.3 Å². The molecule has 4 aromatic rings. The molecule has 2 aromatic heterocycles. The van der Waals surface area contributed by atoms with E-state index in [9.17, 15) is 4.39 Å². The lowest BCUT2D eigenvalue weighted by molar-refractivity contribution is 0.188. The highest BCUT2D eigenvalue weighted by atomic mass is 35.5. The van der Waals surface area contributed by atoms with Crippen molar-refractivity contribution in [2.24, 2.45) is 0 Å². The molecule has 0 saturated heterocycles. The largest absolute Gasteiger partial charge is 0.383 e. The van der Waals surface area contributed by atoms with Gasteiger partial charge in [-0.25, -0.2) is 8.78 Å². The first-order valence-electron chi connectivity index (χ1n) is 10.2. The van der Waals surface area contributed by atoms with E-state index in [1.165, 1.54) is 12.1 Å². The summed E-state index contributed by atoms with van der Waals surface area (Å²) < 4.78 is 39.6. The van der Waals surface area contributed by atoms with Crippen LogP contribution in [0.4, 0.5) is 14.5 Å². The molecule has 0 radical (unpaired) electrons. The molecule has 0 saturated carbocycles. The van der Waals surface area contributed by atoms with Crippen LogP contribution in [0.3, 0.4) is 0 Å². The third-order valence-electron chi connectivity index (χ3n) is 5.91. The molecule has 3 heterocycles. The van der Waals surface area contributed by atoms with Crippen molar-refractivity contribution in [1.29, 1.82) is 0 Å². The maximum absolute atomic E-state index is 16.2. The molecule has 5 rings (SSSR count). The smallest absolute Gasteiger partial charge is 0.162 e. The van der Waals surface area contributed by atoms with E-state index < -0.39 is 17.2 Å². The SMILES string of the molecule is COCCn1ccc2c(-c3c(Cl)cc4c(c3F)-n3c(C)nnc3C(C)(C)N4)cc(F)cc21. The maximum atomic E-state index is 16.2. The van der Waals surface area contributed by atoms with Gasteiger partial charge in [0.2, 0.25) is 0 Å². The lowest BCUT2D eigenvalue weighted by Crippen LogP contribution is -2.36. The average molecular weight is 458 g/mol. The van der Waals surface area contributed by atoms with Crippen LogP contribution in [0.25, 0.3) is 27.7 Å². The minimum Gasteiger partial charge on any atom is -0.383 e. The Morgan fingerprint density at radius 1 is 1.19 bits per heavy atom. The minimum absolute atomic E-state index is 0.139. The zero-order valence-corrected chi connectivity index (χ0v) is 18.9. The highest BCUT2D eigenvalue weighted by Crippen LogP contribution is 2.45. The number of rotatable bonds is 4. The van der Waals surface area contributed by atoms with E-state index in [0.717, 1.165) is 0 Å². The summed E-state index contributed by atoms with van der Waals surface area (Å²) in [7, 11) is 1.61. The molecule has 0 atom stereocenters. The van der Waals surface area contributed by atoms with E-state index in [-0.39, 0.29) is 16.3 Å². The fourth-order valence-corrected chi connectivity index (χ4v) is 4.74. The summed E-state index contributed by atoms with van der Waals surface area (Å²) in [4.78, 5) is 0. The zero-order chi connectivity index (χ0) is 22.8. The van der Waals surface area contributed by atoms with Crippen molar-refractivity contribution < 1.29 is 13.5 Å². The van der Waals surface area contributed by atoms with Gasteiger partial charge < -0.3 is 14.6 Å². The summed E-state index contributed by atoms with van der Waals surface area (Å²) in [5.41, 5.74) is 1.40. The third kappa shape index (κ3) is 3.01. The predicted molar refractivity (Wildman–Crippen MR) is 120 cm³/mol. The highest BCUT2D eigenvalue weighted by Gasteiger charge is 2.37. The quantitative estimate of drug-likeness (QED) is 0.443. The predicted octanol–water partition coefficient (Wildman–Crippen LogP) is 5.44. The first-order chi connectivity index (χ1) is 15.2. The molecule has 32 heavy (non-hydrogen) atoms. The number of anilines is 1. The molecule has 0 unspecified atom stereocenters. The molecule has 0 amide bonds. The first kappa shape index (κ1) is 20.9. The topological polar surface area (TPSA) is 56.9 Å². The highest BCUT2D eigenvalue weighted by molar-refractivity contribution is 6.34. The van der Waals surface area contributed by atoms with Gasteiger partial charge in [-0.05, 0) is 50.6 Å². The molecular formula is C23H22ClF2N5O. The van der Waals surface area contributed by atoms with Crippen molar-refractivity contribution in [3.63, 3.8) is 0 Å². The van der Waals surface area contributed by atoms with E-state index in [1.807, 2.05) is 30.7 Å². The van der Waals surface area contributed by atoms with Crippen LogP contribution in [-0.2, 0) is 16.8 Å². The van der Waals surface area contributed by atoms with Gasteiger partial charge in [0.05, 0.1) is 28.4 Å². The Morgan fingerprint density at radius 3 is 2.72 bits per heavy atom. The summed E-state index contributed by atoms with van der Waals surface area (Å²) in [6, 6.07) is 6.27. The summed E-state index contributed by atoms with van der Waals surface area (Å²) in [6.45, 7) is 6.67. The van der Waals surface area contributed by atoms with Gasteiger partial charge in [-0.15, -0.1) is 10.2 Å². The molecule has 0 bridgehead atoms. The van der Waals surface area contributed by atoms with Crippen LogP contribution in [0.1, 0.15) is 25.5 Å². The molecule has 0 spiro atoms. The van der Waals surface area contributed by atoms with Crippen molar-refractivity contribution in [3.05, 3.63) is 58.8 Å². The summed E-state index contributed by atoms with van der Waals surface area (Å²) in [6.07, 6.45) is 1.84. The van der Waals surface area contributed by atoms with E-state index in [4.69, 9.17) is 16.3 Å². The number of fused-ring (bicyclic) bond motifs is 4. The van der Waals surface area contributed by atoms with Crippen LogP contribution in [0.2, 0.25) is 5.02 Å². The summed E-state index contributed by atoms with van der Waals surface area (Å²) in [5, 5.41) is 12.6. The lowest BCUT2D eigenvalue weighted by Gasteiger charge is -2.34. The van der Waals surface area contributed by atoms with Gasteiger partial charge in [-0.2, -0.15) is 0 Å². The van der Waals surface area contributed by atoms with Crippen LogP contribution in [0.15, 0.2) is 30.5 Å². The van der Waals surface area contributed by atoms with E-state index in [0.29, 0.717) is 47.0 Å². The van der Waals surface area contributed by atoms with Crippen molar-refractivity contribution >= 4 is 28.2 Å². The van der Waals surface area contributed by atoms with Crippen LogP contribution in [-0.4, -0.2) is 33.0 Å². The monoisotopic (exact) mass is 457 g/mol. The normalized spacial score (nSPS) is 14.3. The number of aryl methyl sites for hydroxylation is 1. The number of ether oxygens (including phenoxy) is 1. The minimum atomic E-state index is -0.573. The Labute approximate surface area is 188 Å². The molecule has 166 valence electrons. The first-order valence-corrected chi connectivity index (χ1v) is 10.6. The molecule has 6 nitrogen and oxygen atoms in total. The van der Waals surface area contributed by atoms with Crippen molar-refractivity contribution in [3.8, 4) is 16.8 Å².